The van der Waals surface area contributed by atoms with Gasteiger partial charge in [-0.05, 0) is 36.4 Å². The van der Waals surface area contributed by atoms with Gasteiger partial charge in [0.2, 0.25) is 0 Å². The average molecular weight is 330 g/mol. The summed E-state index contributed by atoms with van der Waals surface area (Å²) in [6, 6.07) is 14.5. The second-order valence-corrected chi connectivity index (χ2v) is 5.51. The summed E-state index contributed by atoms with van der Waals surface area (Å²) in [6.07, 6.45) is 6.60. The molecule has 4 aromatic rings. The van der Waals surface area contributed by atoms with E-state index in [0.717, 1.165) is 5.69 Å². The van der Waals surface area contributed by atoms with E-state index >= 15 is 0 Å². The average Bonchev–Trinajstić information content (AvgIpc) is 3.17. The van der Waals surface area contributed by atoms with Crippen molar-refractivity contribution >= 4 is 22.9 Å². The first-order valence-corrected chi connectivity index (χ1v) is 7.69. The first-order chi connectivity index (χ1) is 12.2. The molecule has 0 saturated heterocycles. The van der Waals surface area contributed by atoms with Crippen LogP contribution in [0.3, 0.4) is 0 Å². The standard InChI is InChI=1S/C19H14N4O2/c24-18(13-5-7-14(8-6-13)23-10-9-20-12-23)11-17-19(25)22-16-4-2-1-3-15(16)21-17/h1-12,24H,(H,22,25). The van der Waals surface area contributed by atoms with Gasteiger partial charge < -0.3 is 14.7 Å². The number of imidazole rings is 1. The van der Waals surface area contributed by atoms with Crippen molar-refractivity contribution in [1.82, 2.24) is 19.5 Å². The third kappa shape index (κ3) is 2.92. The summed E-state index contributed by atoms with van der Waals surface area (Å²) >= 11 is 0. The predicted octanol–water partition coefficient (Wildman–Crippen LogP) is 3.16. The number of aliphatic hydroxyl groups excluding tert-OH is 1. The minimum Gasteiger partial charge on any atom is -0.507 e. The zero-order valence-corrected chi connectivity index (χ0v) is 13.1. The van der Waals surface area contributed by atoms with E-state index in [9.17, 15) is 9.90 Å². The normalized spacial score (nSPS) is 11.8. The molecule has 0 amide bonds. The van der Waals surface area contributed by atoms with Crippen LogP contribution in [0.2, 0.25) is 0 Å². The van der Waals surface area contributed by atoms with E-state index in [2.05, 4.69) is 15.0 Å². The summed E-state index contributed by atoms with van der Waals surface area (Å²) in [5, 5.41) is 10.3. The summed E-state index contributed by atoms with van der Waals surface area (Å²) < 4.78 is 1.86. The first kappa shape index (κ1) is 14.9. The maximum Gasteiger partial charge on any atom is 0.274 e. The Balaban J connectivity index is 1.69. The lowest BCUT2D eigenvalue weighted by molar-refractivity contribution is 0.515. The van der Waals surface area contributed by atoms with Crippen LogP contribution in [0.4, 0.5) is 0 Å². The quantitative estimate of drug-likeness (QED) is 0.565. The van der Waals surface area contributed by atoms with Crippen molar-refractivity contribution in [2.45, 2.75) is 0 Å². The van der Waals surface area contributed by atoms with Crippen LogP contribution in [0.15, 0.2) is 72.0 Å². The molecular weight excluding hydrogens is 316 g/mol. The number of aromatic nitrogens is 4. The third-order valence-corrected chi connectivity index (χ3v) is 3.86. The number of hydrogen-bond donors (Lipinski definition) is 2. The summed E-state index contributed by atoms with van der Waals surface area (Å²) in [7, 11) is 0. The Bertz CT molecular complexity index is 1110. The third-order valence-electron chi connectivity index (χ3n) is 3.86. The predicted molar refractivity (Wildman–Crippen MR) is 96.4 cm³/mol. The number of hydrogen-bond acceptors (Lipinski definition) is 4. The zero-order valence-electron chi connectivity index (χ0n) is 13.1. The van der Waals surface area contributed by atoms with Crippen molar-refractivity contribution in [1.29, 1.82) is 0 Å². The van der Waals surface area contributed by atoms with Gasteiger partial charge in [-0.25, -0.2) is 9.97 Å². The molecular formula is C19H14N4O2. The van der Waals surface area contributed by atoms with E-state index in [4.69, 9.17) is 0 Å². The van der Waals surface area contributed by atoms with Crippen molar-refractivity contribution in [2.24, 2.45) is 0 Å². The van der Waals surface area contributed by atoms with Gasteiger partial charge in [0.1, 0.15) is 11.5 Å². The molecule has 6 nitrogen and oxygen atoms in total. The molecule has 4 rings (SSSR count). The molecule has 122 valence electrons. The van der Waals surface area contributed by atoms with Crippen molar-refractivity contribution in [3.63, 3.8) is 0 Å². The highest BCUT2D eigenvalue weighted by Gasteiger charge is 2.06. The van der Waals surface area contributed by atoms with E-state index in [-0.39, 0.29) is 17.0 Å². The molecule has 0 bridgehead atoms. The Morgan fingerprint density at radius 1 is 1.12 bits per heavy atom. The molecule has 2 heterocycles. The van der Waals surface area contributed by atoms with Crippen LogP contribution < -0.4 is 5.56 Å². The van der Waals surface area contributed by atoms with E-state index in [1.54, 1.807) is 36.8 Å². The van der Waals surface area contributed by atoms with Gasteiger partial charge in [-0.3, -0.25) is 4.79 Å². The fraction of sp³-hybridized carbons (Fsp3) is 0. The van der Waals surface area contributed by atoms with Crippen LogP contribution in [0.1, 0.15) is 11.3 Å². The molecule has 0 radical (unpaired) electrons. The molecule has 0 spiro atoms. The number of para-hydroxylation sites is 2. The smallest absolute Gasteiger partial charge is 0.274 e. The Morgan fingerprint density at radius 3 is 2.68 bits per heavy atom. The van der Waals surface area contributed by atoms with Gasteiger partial charge in [-0.1, -0.05) is 12.1 Å². The van der Waals surface area contributed by atoms with Crippen LogP contribution in [-0.2, 0) is 0 Å². The number of aliphatic hydroxyl groups is 1. The van der Waals surface area contributed by atoms with E-state index in [1.165, 1.54) is 6.08 Å². The second kappa shape index (κ2) is 6.09. The summed E-state index contributed by atoms with van der Waals surface area (Å²) in [5.41, 5.74) is 2.66. The van der Waals surface area contributed by atoms with Gasteiger partial charge in [0.05, 0.1) is 17.4 Å². The summed E-state index contributed by atoms with van der Waals surface area (Å²) in [4.78, 5) is 23.2. The monoisotopic (exact) mass is 330 g/mol. The zero-order chi connectivity index (χ0) is 17.2. The number of aromatic amines is 1. The largest absolute Gasteiger partial charge is 0.507 e. The molecule has 0 fully saturated rings. The molecule has 0 aliphatic carbocycles. The Hall–Kier alpha value is -3.67. The van der Waals surface area contributed by atoms with Crippen molar-refractivity contribution < 1.29 is 5.11 Å². The van der Waals surface area contributed by atoms with E-state index in [1.807, 2.05) is 35.0 Å². The number of H-pyrrole nitrogens is 1. The van der Waals surface area contributed by atoms with Crippen LogP contribution in [0, 0.1) is 0 Å². The lowest BCUT2D eigenvalue weighted by Crippen LogP contribution is -2.12. The fourth-order valence-corrected chi connectivity index (χ4v) is 2.57. The van der Waals surface area contributed by atoms with Crippen molar-refractivity contribution in [3.05, 3.63) is 88.9 Å². The van der Waals surface area contributed by atoms with Gasteiger partial charge in [0, 0.05) is 29.7 Å². The minimum atomic E-state index is -0.347. The number of fused-ring (bicyclic) bond motifs is 1. The molecule has 0 saturated carbocycles. The van der Waals surface area contributed by atoms with Crippen molar-refractivity contribution in [2.75, 3.05) is 0 Å². The van der Waals surface area contributed by atoms with Crippen molar-refractivity contribution in [3.8, 4) is 5.69 Å². The SMILES string of the molecule is O=c1[nH]c2ccccc2nc1C=C(O)c1ccc(-n2ccnc2)cc1. The summed E-state index contributed by atoms with van der Waals surface area (Å²) in [5.74, 6) is -0.0227. The van der Waals surface area contributed by atoms with Crippen LogP contribution in [0.25, 0.3) is 28.6 Å². The van der Waals surface area contributed by atoms with Gasteiger partial charge in [0.15, 0.2) is 0 Å². The number of benzene rings is 2. The lowest BCUT2D eigenvalue weighted by atomic mass is 10.1. The Morgan fingerprint density at radius 2 is 1.92 bits per heavy atom. The topological polar surface area (TPSA) is 83.8 Å². The fourth-order valence-electron chi connectivity index (χ4n) is 2.57. The summed E-state index contributed by atoms with van der Waals surface area (Å²) in [6.45, 7) is 0. The van der Waals surface area contributed by atoms with Gasteiger partial charge in [-0.15, -0.1) is 0 Å². The molecule has 2 aromatic carbocycles. The molecule has 0 atom stereocenters. The second-order valence-electron chi connectivity index (χ2n) is 5.51. The van der Waals surface area contributed by atoms with Gasteiger partial charge >= 0.3 is 0 Å². The number of rotatable bonds is 3. The maximum absolute atomic E-state index is 12.1. The van der Waals surface area contributed by atoms with Crippen LogP contribution in [-0.4, -0.2) is 24.6 Å². The van der Waals surface area contributed by atoms with Crippen LogP contribution >= 0.6 is 0 Å². The highest BCUT2D eigenvalue weighted by atomic mass is 16.3. The lowest BCUT2D eigenvalue weighted by Gasteiger charge is -2.05. The van der Waals surface area contributed by atoms with E-state index in [0.29, 0.717) is 16.6 Å². The number of nitrogens with one attached hydrogen (secondary N) is 1. The van der Waals surface area contributed by atoms with E-state index < -0.39 is 0 Å². The molecule has 0 aliphatic rings. The highest BCUT2D eigenvalue weighted by molar-refractivity contribution is 5.79. The molecule has 2 aromatic heterocycles. The number of nitrogens with zero attached hydrogens (tertiary/aromatic N) is 3. The van der Waals surface area contributed by atoms with Crippen LogP contribution in [0.5, 0.6) is 0 Å². The first-order valence-electron chi connectivity index (χ1n) is 7.69. The van der Waals surface area contributed by atoms with Gasteiger partial charge in [-0.2, -0.15) is 0 Å². The minimum absolute atomic E-state index is 0.0227. The molecule has 0 aliphatic heterocycles. The molecule has 2 N–H and O–H groups in total. The Labute approximate surface area is 142 Å². The molecule has 6 heteroatoms. The highest BCUT2D eigenvalue weighted by Crippen LogP contribution is 2.17. The molecule has 0 unspecified atom stereocenters. The Kier molecular flexibility index (Phi) is 3.63. The maximum atomic E-state index is 12.1. The molecule has 25 heavy (non-hydrogen) atoms. The van der Waals surface area contributed by atoms with Gasteiger partial charge in [0.25, 0.3) is 5.56 Å².